The molecule has 0 unspecified atom stereocenters. The molecule has 0 aromatic carbocycles. The second-order valence-corrected chi connectivity index (χ2v) is 7.40. The van der Waals surface area contributed by atoms with Crippen molar-refractivity contribution >= 4 is 5.91 Å². The zero-order valence-corrected chi connectivity index (χ0v) is 17.9. The lowest BCUT2D eigenvalue weighted by Gasteiger charge is -2.23. The Balaban J connectivity index is 3.82. The van der Waals surface area contributed by atoms with Crippen LogP contribution in [-0.4, -0.2) is 50.1 Å². The molecular formula is C22H45N3O. The zero-order valence-electron chi connectivity index (χ0n) is 17.9. The SMILES string of the molecule is C=C(C)C(=O)N(CCCNCCCCCC)CCCNCCCCCC. The molecule has 4 heteroatoms. The Morgan fingerprint density at radius 1 is 0.731 bits per heavy atom. The van der Waals surface area contributed by atoms with Gasteiger partial charge in [-0.05, 0) is 58.8 Å². The number of rotatable bonds is 19. The fourth-order valence-corrected chi connectivity index (χ4v) is 2.98. The minimum absolute atomic E-state index is 0.107. The lowest BCUT2D eigenvalue weighted by molar-refractivity contribution is -0.127. The number of hydrogen-bond donors (Lipinski definition) is 2. The van der Waals surface area contributed by atoms with E-state index >= 15 is 0 Å². The Labute approximate surface area is 163 Å². The largest absolute Gasteiger partial charge is 0.339 e. The molecule has 1 amide bonds. The highest BCUT2D eigenvalue weighted by Gasteiger charge is 2.13. The average molecular weight is 368 g/mol. The molecule has 0 spiro atoms. The number of unbranched alkanes of at least 4 members (excludes halogenated alkanes) is 6. The van der Waals surface area contributed by atoms with Crippen LogP contribution in [0.5, 0.6) is 0 Å². The number of carbonyl (C=O) groups excluding carboxylic acids is 1. The van der Waals surface area contributed by atoms with Gasteiger partial charge in [0.2, 0.25) is 5.91 Å². The molecule has 2 N–H and O–H groups in total. The Bertz CT molecular complexity index is 324. The van der Waals surface area contributed by atoms with E-state index in [1.165, 1.54) is 51.4 Å². The predicted molar refractivity (Wildman–Crippen MR) is 115 cm³/mol. The van der Waals surface area contributed by atoms with Crippen LogP contribution in [0.2, 0.25) is 0 Å². The molecule has 26 heavy (non-hydrogen) atoms. The first kappa shape index (κ1) is 25.1. The number of carbonyl (C=O) groups is 1. The molecule has 0 saturated carbocycles. The lowest BCUT2D eigenvalue weighted by Crippen LogP contribution is -2.36. The van der Waals surface area contributed by atoms with E-state index < -0.39 is 0 Å². The monoisotopic (exact) mass is 367 g/mol. The summed E-state index contributed by atoms with van der Waals surface area (Å²) in [6, 6.07) is 0. The van der Waals surface area contributed by atoms with E-state index in [9.17, 15) is 4.79 Å². The van der Waals surface area contributed by atoms with Crippen molar-refractivity contribution < 1.29 is 4.79 Å². The first-order chi connectivity index (χ1) is 12.6. The smallest absolute Gasteiger partial charge is 0.248 e. The van der Waals surface area contributed by atoms with Crippen LogP contribution < -0.4 is 10.6 Å². The van der Waals surface area contributed by atoms with E-state index in [1.54, 1.807) is 0 Å². The van der Waals surface area contributed by atoms with Gasteiger partial charge in [0.1, 0.15) is 0 Å². The standard InChI is InChI=1S/C22H45N3O/c1-5-7-9-11-15-23-17-13-19-25(22(26)21(3)4)20-14-18-24-16-12-10-8-6-2/h23-24H,3,5-20H2,1-2,4H3. The van der Waals surface area contributed by atoms with Gasteiger partial charge in [0.15, 0.2) is 0 Å². The number of nitrogens with one attached hydrogen (secondary N) is 2. The van der Waals surface area contributed by atoms with Crippen molar-refractivity contribution in [2.75, 3.05) is 39.3 Å². The molecule has 4 nitrogen and oxygen atoms in total. The summed E-state index contributed by atoms with van der Waals surface area (Å²) < 4.78 is 0. The molecule has 0 atom stereocenters. The zero-order chi connectivity index (χ0) is 19.5. The molecule has 0 heterocycles. The van der Waals surface area contributed by atoms with Crippen LogP contribution in [0.3, 0.4) is 0 Å². The highest BCUT2D eigenvalue weighted by atomic mass is 16.2. The van der Waals surface area contributed by atoms with E-state index in [2.05, 4.69) is 31.1 Å². The van der Waals surface area contributed by atoms with Gasteiger partial charge < -0.3 is 15.5 Å². The van der Waals surface area contributed by atoms with Crippen molar-refractivity contribution in [1.82, 2.24) is 15.5 Å². The molecule has 0 aromatic heterocycles. The van der Waals surface area contributed by atoms with Gasteiger partial charge in [0, 0.05) is 18.7 Å². The van der Waals surface area contributed by atoms with Crippen LogP contribution in [0.25, 0.3) is 0 Å². The summed E-state index contributed by atoms with van der Waals surface area (Å²) in [7, 11) is 0. The van der Waals surface area contributed by atoms with E-state index in [1.807, 2.05) is 11.8 Å². The van der Waals surface area contributed by atoms with E-state index in [0.717, 1.165) is 52.1 Å². The van der Waals surface area contributed by atoms with Gasteiger partial charge >= 0.3 is 0 Å². The summed E-state index contributed by atoms with van der Waals surface area (Å²) in [5, 5.41) is 6.99. The van der Waals surface area contributed by atoms with E-state index in [0.29, 0.717) is 5.57 Å². The molecule has 0 bridgehead atoms. The Kier molecular flexibility index (Phi) is 18.3. The Morgan fingerprint density at radius 2 is 1.15 bits per heavy atom. The molecule has 0 saturated heterocycles. The van der Waals surface area contributed by atoms with E-state index in [4.69, 9.17) is 0 Å². The fourth-order valence-electron chi connectivity index (χ4n) is 2.98. The maximum atomic E-state index is 12.3. The molecule has 0 radical (unpaired) electrons. The molecule has 0 aromatic rings. The summed E-state index contributed by atoms with van der Waals surface area (Å²) in [4.78, 5) is 14.3. The molecule has 0 aliphatic carbocycles. The molecule has 154 valence electrons. The second-order valence-electron chi connectivity index (χ2n) is 7.40. The normalized spacial score (nSPS) is 10.9. The van der Waals surface area contributed by atoms with Gasteiger partial charge in [-0.2, -0.15) is 0 Å². The quantitative estimate of drug-likeness (QED) is 0.261. The molecule has 0 fully saturated rings. The summed E-state index contributed by atoms with van der Waals surface area (Å²) in [6.07, 6.45) is 12.4. The highest BCUT2D eigenvalue weighted by molar-refractivity contribution is 5.92. The minimum Gasteiger partial charge on any atom is -0.339 e. The lowest BCUT2D eigenvalue weighted by atomic mass is 10.2. The van der Waals surface area contributed by atoms with Crippen molar-refractivity contribution in [3.63, 3.8) is 0 Å². The van der Waals surface area contributed by atoms with Crippen LogP contribution in [-0.2, 0) is 4.79 Å². The maximum Gasteiger partial charge on any atom is 0.248 e. The van der Waals surface area contributed by atoms with Gasteiger partial charge in [-0.3, -0.25) is 4.79 Å². The minimum atomic E-state index is 0.107. The molecule has 0 aliphatic rings. The van der Waals surface area contributed by atoms with Gasteiger partial charge in [0.05, 0.1) is 0 Å². The summed E-state index contributed by atoms with van der Waals surface area (Å²) >= 11 is 0. The van der Waals surface area contributed by atoms with E-state index in [-0.39, 0.29) is 5.91 Å². The summed E-state index contributed by atoms with van der Waals surface area (Å²) in [5.74, 6) is 0.107. The van der Waals surface area contributed by atoms with Crippen LogP contribution in [0.15, 0.2) is 12.2 Å². The Hall–Kier alpha value is -0.870. The highest BCUT2D eigenvalue weighted by Crippen LogP contribution is 2.02. The average Bonchev–Trinajstić information content (AvgIpc) is 2.63. The third-order valence-corrected chi connectivity index (χ3v) is 4.63. The van der Waals surface area contributed by atoms with Crippen molar-refractivity contribution in [2.24, 2.45) is 0 Å². The van der Waals surface area contributed by atoms with Gasteiger partial charge in [-0.1, -0.05) is 59.0 Å². The summed E-state index contributed by atoms with van der Waals surface area (Å²) in [5.41, 5.74) is 0.644. The van der Waals surface area contributed by atoms with Crippen LogP contribution >= 0.6 is 0 Å². The third-order valence-electron chi connectivity index (χ3n) is 4.63. The third kappa shape index (κ3) is 15.4. The van der Waals surface area contributed by atoms with Gasteiger partial charge in [0.25, 0.3) is 0 Å². The maximum absolute atomic E-state index is 12.3. The topological polar surface area (TPSA) is 44.4 Å². The van der Waals surface area contributed by atoms with Crippen LogP contribution in [0.4, 0.5) is 0 Å². The van der Waals surface area contributed by atoms with Crippen LogP contribution in [0, 0.1) is 0 Å². The Morgan fingerprint density at radius 3 is 1.54 bits per heavy atom. The van der Waals surface area contributed by atoms with Crippen LogP contribution in [0.1, 0.15) is 85.0 Å². The fraction of sp³-hybridized carbons (Fsp3) is 0.864. The molecule has 0 aliphatic heterocycles. The van der Waals surface area contributed by atoms with Gasteiger partial charge in [-0.25, -0.2) is 0 Å². The predicted octanol–water partition coefficient (Wildman–Crippen LogP) is 4.51. The second kappa shape index (κ2) is 18.9. The van der Waals surface area contributed by atoms with Gasteiger partial charge in [-0.15, -0.1) is 0 Å². The number of amides is 1. The first-order valence-corrected chi connectivity index (χ1v) is 11.0. The number of nitrogens with zero attached hydrogens (tertiary/aromatic N) is 1. The van der Waals surface area contributed by atoms with Crippen molar-refractivity contribution in [1.29, 1.82) is 0 Å². The molecular weight excluding hydrogens is 322 g/mol. The van der Waals surface area contributed by atoms with Crippen molar-refractivity contribution in [2.45, 2.75) is 85.0 Å². The summed E-state index contributed by atoms with van der Waals surface area (Å²) in [6.45, 7) is 15.9. The molecule has 0 rings (SSSR count). The van der Waals surface area contributed by atoms with Crippen molar-refractivity contribution in [3.05, 3.63) is 12.2 Å². The first-order valence-electron chi connectivity index (χ1n) is 11.0. The number of hydrogen-bond acceptors (Lipinski definition) is 3. The van der Waals surface area contributed by atoms with Crippen molar-refractivity contribution in [3.8, 4) is 0 Å².